The summed E-state index contributed by atoms with van der Waals surface area (Å²) < 4.78 is 5.81. The number of rotatable bonds is 27. The molecule has 0 saturated carbocycles. The highest BCUT2D eigenvalue weighted by molar-refractivity contribution is 4.50. The van der Waals surface area contributed by atoms with Crippen LogP contribution in [0.3, 0.4) is 0 Å². The minimum absolute atomic E-state index is 0.995. The molecule has 0 amide bonds. The van der Waals surface area contributed by atoms with E-state index >= 15 is 0 Å². The second-order valence-corrected chi connectivity index (χ2v) is 9.74. The Morgan fingerprint density at radius 1 is 0.267 bits per heavy atom. The summed E-state index contributed by atoms with van der Waals surface area (Å²) in [6.07, 6.45) is 35.6. The molecule has 30 heavy (non-hydrogen) atoms. The molecule has 0 aliphatic carbocycles. The Balaban J connectivity index is 2.97. The van der Waals surface area contributed by atoms with Gasteiger partial charge in [-0.25, -0.2) is 0 Å². The normalized spacial score (nSPS) is 11.4. The molecule has 182 valence electrons. The fraction of sp³-hybridized carbons (Fsp3) is 1.00. The summed E-state index contributed by atoms with van der Waals surface area (Å²) in [5.41, 5.74) is 0. The van der Waals surface area contributed by atoms with Crippen LogP contribution < -0.4 is 0 Å². The third-order valence-corrected chi connectivity index (χ3v) is 6.53. The predicted octanol–water partition coefficient (Wildman–Crippen LogP) is 10.8. The van der Waals surface area contributed by atoms with Gasteiger partial charge in [-0.15, -0.1) is 0 Å². The molecular weight excluding hydrogens is 364 g/mol. The Morgan fingerprint density at radius 3 is 0.700 bits per heavy atom. The van der Waals surface area contributed by atoms with Crippen molar-refractivity contribution in [2.75, 3.05) is 13.2 Å². The van der Waals surface area contributed by atoms with Crippen LogP contribution in [-0.2, 0) is 4.74 Å². The number of hydrogen-bond acceptors (Lipinski definition) is 1. The van der Waals surface area contributed by atoms with E-state index in [9.17, 15) is 0 Å². The van der Waals surface area contributed by atoms with Gasteiger partial charge in [0.25, 0.3) is 0 Å². The summed E-state index contributed by atoms with van der Waals surface area (Å²) in [6, 6.07) is 0. The van der Waals surface area contributed by atoms with Gasteiger partial charge < -0.3 is 4.74 Å². The minimum Gasteiger partial charge on any atom is -0.381 e. The first-order valence-corrected chi connectivity index (χ1v) is 14.5. The quantitative estimate of drug-likeness (QED) is 0.119. The smallest absolute Gasteiger partial charge is 0.0466 e. The van der Waals surface area contributed by atoms with Gasteiger partial charge in [0.2, 0.25) is 0 Å². The molecule has 1 nitrogen and oxygen atoms in total. The van der Waals surface area contributed by atoms with Crippen molar-refractivity contribution in [1.82, 2.24) is 0 Å². The van der Waals surface area contributed by atoms with Gasteiger partial charge in [0.15, 0.2) is 0 Å². The summed E-state index contributed by atoms with van der Waals surface area (Å²) in [5, 5.41) is 0. The molecule has 0 heterocycles. The molecule has 0 saturated heterocycles. The molecule has 0 aromatic rings. The lowest BCUT2D eigenvalue weighted by atomic mass is 10.0. The first-order chi connectivity index (χ1) is 14.9. The summed E-state index contributed by atoms with van der Waals surface area (Å²) >= 11 is 0. The third-order valence-electron chi connectivity index (χ3n) is 6.53. The topological polar surface area (TPSA) is 9.23 Å². The Morgan fingerprint density at radius 2 is 0.467 bits per heavy atom. The SMILES string of the molecule is CCCCCCCCCCCCCCCCCCOCCCCCCCCCCC. The van der Waals surface area contributed by atoms with Gasteiger partial charge in [0.1, 0.15) is 0 Å². The van der Waals surface area contributed by atoms with Crippen molar-refractivity contribution in [1.29, 1.82) is 0 Å². The molecule has 0 rings (SSSR count). The van der Waals surface area contributed by atoms with Crippen molar-refractivity contribution in [3.63, 3.8) is 0 Å². The van der Waals surface area contributed by atoms with Crippen LogP contribution >= 0.6 is 0 Å². The molecule has 0 aliphatic heterocycles. The molecule has 0 atom stereocenters. The highest BCUT2D eigenvalue weighted by atomic mass is 16.5. The minimum atomic E-state index is 0.995. The van der Waals surface area contributed by atoms with E-state index in [2.05, 4.69) is 13.8 Å². The Labute approximate surface area is 192 Å². The Bertz CT molecular complexity index is 248. The number of ether oxygens (including phenoxy) is 1. The molecule has 0 unspecified atom stereocenters. The molecule has 0 aromatic carbocycles. The first kappa shape index (κ1) is 30.0. The van der Waals surface area contributed by atoms with Crippen LogP contribution in [0.5, 0.6) is 0 Å². The van der Waals surface area contributed by atoms with E-state index in [1.54, 1.807) is 0 Å². The van der Waals surface area contributed by atoms with Gasteiger partial charge >= 0.3 is 0 Å². The highest BCUT2D eigenvalue weighted by Crippen LogP contribution is 2.14. The molecule has 0 bridgehead atoms. The van der Waals surface area contributed by atoms with Crippen molar-refractivity contribution in [3.05, 3.63) is 0 Å². The molecule has 0 radical (unpaired) electrons. The van der Waals surface area contributed by atoms with Crippen molar-refractivity contribution in [3.8, 4) is 0 Å². The van der Waals surface area contributed by atoms with Gasteiger partial charge in [-0.2, -0.15) is 0 Å². The standard InChI is InChI=1S/C29H60O/c1-3-5-7-9-11-13-14-15-16-17-18-19-21-23-25-27-29-30-28-26-24-22-20-12-10-8-6-4-2/h3-29H2,1-2H3. The lowest BCUT2D eigenvalue weighted by molar-refractivity contribution is 0.125. The highest BCUT2D eigenvalue weighted by Gasteiger charge is 1.96. The van der Waals surface area contributed by atoms with E-state index in [0.29, 0.717) is 0 Å². The first-order valence-electron chi connectivity index (χ1n) is 14.5. The largest absolute Gasteiger partial charge is 0.381 e. The van der Waals surface area contributed by atoms with Crippen LogP contribution in [0.4, 0.5) is 0 Å². The average molecular weight is 425 g/mol. The van der Waals surface area contributed by atoms with Crippen LogP contribution in [-0.4, -0.2) is 13.2 Å². The van der Waals surface area contributed by atoms with Gasteiger partial charge in [0, 0.05) is 13.2 Å². The number of unbranched alkanes of at least 4 members (excludes halogenated alkanes) is 23. The molecule has 0 fully saturated rings. The van der Waals surface area contributed by atoms with Crippen molar-refractivity contribution in [2.24, 2.45) is 0 Å². The Hall–Kier alpha value is -0.0400. The van der Waals surface area contributed by atoms with E-state index in [1.165, 1.54) is 161 Å². The van der Waals surface area contributed by atoms with E-state index in [0.717, 1.165) is 13.2 Å². The second-order valence-electron chi connectivity index (χ2n) is 9.74. The summed E-state index contributed by atoms with van der Waals surface area (Å²) in [7, 11) is 0. The molecule has 1 heteroatoms. The third kappa shape index (κ3) is 28.0. The van der Waals surface area contributed by atoms with Gasteiger partial charge in [-0.1, -0.05) is 162 Å². The summed E-state index contributed by atoms with van der Waals surface area (Å²) in [6.45, 7) is 6.58. The fourth-order valence-electron chi connectivity index (χ4n) is 4.37. The molecular formula is C29H60O. The maximum atomic E-state index is 5.81. The second kappa shape index (κ2) is 29.0. The average Bonchev–Trinajstić information content (AvgIpc) is 2.76. The zero-order chi connectivity index (χ0) is 21.8. The van der Waals surface area contributed by atoms with Crippen LogP contribution in [0.25, 0.3) is 0 Å². The van der Waals surface area contributed by atoms with Crippen LogP contribution in [0.1, 0.15) is 174 Å². The lowest BCUT2D eigenvalue weighted by Crippen LogP contribution is -1.97. The van der Waals surface area contributed by atoms with E-state index in [1.807, 2.05) is 0 Å². The van der Waals surface area contributed by atoms with Gasteiger partial charge in [-0.3, -0.25) is 0 Å². The van der Waals surface area contributed by atoms with Crippen molar-refractivity contribution in [2.45, 2.75) is 174 Å². The molecule has 0 N–H and O–H groups in total. The monoisotopic (exact) mass is 424 g/mol. The van der Waals surface area contributed by atoms with Gasteiger partial charge in [0.05, 0.1) is 0 Å². The summed E-state index contributed by atoms with van der Waals surface area (Å²) in [4.78, 5) is 0. The van der Waals surface area contributed by atoms with E-state index in [-0.39, 0.29) is 0 Å². The van der Waals surface area contributed by atoms with Crippen molar-refractivity contribution < 1.29 is 4.74 Å². The molecule has 0 aliphatic rings. The zero-order valence-corrected chi connectivity index (χ0v) is 21.5. The number of hydrogen-bond donors (Lipinski definition) is 0. The van der Waals surface area contributed by atoms with Crippen molar-refractivity contribution >= 4 is 0 Å². The van der Waals surface area contributed by atoms with Crippen LogP contribution in [0.2, 0.25) is 0 Å². The lowest BCUT2D eigenvalue weighted by Gasteiger charge is -2.05. The van der Waals surface area contributed by atoms with Crippen LogP contribution in [0, 0.1) is 0 Å². The molecule has 0 spiro atoms. The molecule has 0 aromatic heterocycles. The Kier molecular flexibility index (Phi) is 28.9. The predicted molar refractivity (Wildman–Crippen MR) is 138 cm³/mol. The summed E-state index contributed by atoms with van der Waals surface area (Å²) in [5.74, 6) is 0. The van der Waals surface area contributed by atoms with E-state index in [4.69, 9.17) is 4.74 Å². The maximum Gasteiger partial charge on any atom is 0.0466 e. The zero-order valence-electron chi connectivity index (χ0n) is 21.5. The van der Waals surface area contributed by atoms with Crippen LogP contribution in [0.15, 0.2) is 0 Å². The van der Waals surface area contributed by atoms with Gasteiger partial charge in [-0.05, 0) is 12.8 Å². The van der Waals surface area contributed by atoms with E-state index < -0.39 is 0 Å². The maximum absolute atomic E-state index is 5.81. The fourth-order valence-corrected chi connectivity index (χ4v) is 4.37.